The zero-order valence-electron chi connectivity index (χ0n) is 17.2. The van der Waals surface area contributed by atoms with Crippen molar-refractivity contribution in [2.24, 2.45) is 11.5 Å². The van der Waals surface area contributed by atoms with Crippen molar-refractivity contribution in [2.45, 2.75) is 38.5 Å². The van der Waals surface area contributed by atoms with Crippen LogP contribution in [-0.4, -0.2) is 27.3 Å². The summed E-state index contributed by atoms with van der Waals surface area (Å²) in [5, 5.41) is 0. The number of allylic oxidation sites excluding steroid dienone is 2. The second kappa shape index (κ2) is 12.2. The largest absolute Gasteiger partial charge is 0.496 e. The number of ether oxygens (including phenoxy) is 2. The third kappa shape index (κ3) is 6.11. The van der Waals surface area contributed by atoms with Gasteiger partial charge in [0.15, 0.2) is 0 Å². The zero-order valence-corrected chi connectivity index (χ0v) is 17.2. The summed E-state index contributed by atoms with van der Waals surface area (Å²) < 4.78 is 10.6. The van der Waals surface area contributed by atoms with Crippen LogP contribution in [0.1, 0.15) is 35.1 Å². The van der Waals surface area contributed by atoms with Crippen LogP contribution in [0.15, 0.2) is 48.6 Å². The van der Waals surface area contributed by atoms with Crippen molar-refractivity contribution in [3.63, 3.8) is 0 Å². The van der Waals surface area contributed by atoms with E-state index < -0.39 is 0 Å². The maximum atomic E-state index is 5.31. The lowest BCUT2D eigenvalue weighted by atomic mass is 9.91. The Morgan fingerprint density at radius 3 is 1.93 bits per heavy atom. The minimum absolute atomic E-state index is 0.597. The summed E-state index contributed by atoms with van der Waals surface area (Å²) in [6.45, 7) is 1.19. The molecule has 0 saturated heterocycles. The molecule has 0 saturated carbocycles. The molecule has 0 fully saturated rings. The lowest BCUT2D eigenvalue weighted by molar-refractivity contribution is 0.406. The van der Waals surface area contributed by atoms with Crippen molar-refractivity contribution in [3.8, 4) is 11.5 Å². The van der Waals surface area contributed by atoms with Crippen molar-refractivity contribution >= 4 is 0 Å². The molecule has 0 aromatic heterocycles. The van der Waals surface area contributed by atoms with Gasteiger partial charge in [-0.25, -0.2) is 0 Å². The number of hydrogen-bond donors (Lipinski definition) is 2. The Morgan fingerprint density at radius 2 is 1.29 bits per heavy atom. The molecule has 0 unspecified atom stereocenters. The fourth-order valence-electron chi connectivity index (χ4n) is 3.57. The first-order valence-electron chi connectivity index (χ1n) is 10.1. The van der Waals surface area contributed by atoms with E-state index in [1.165, 1.54) is 47.9 Å². The van der Waals surface area contributed by atoms with Crippen molar-refractivity contribution in [1.29, 1.82) is 0 Å². The number of methoxy groups -OCH3 is 2. The van der Waals surface area contributed by atoms with Gasteiger partial charge in [0.2, 0.25) is 0 Å². The Balaban J connectivity index is 0.000000169. The molecule has 0 bridgehead atoms. The van der Waals surface area contributed by atoms with Crippen LogP contribution in [0.4, 0.5) is 0 Å². The average molecular weight is 383 g/mol. The van der Waals surface area contributed by atoms with Crippen LogP contribution >= 0.6 is 0 Å². The molecule has 4 rings (SSSR count). The van der Waals surface area contributed by atoms with Crippen LogP contribution in [0.25, 0.3) is 0 Å². The van der Waals surface area contributed by atoms with Crippen molar-refractivity contribution in [1.82, 2.24) is 0 Å². The normalized spacial score (nSPS) is 13.7. The van der Waals surface area contributed by atoms with E-state index in [0.717, 1.165) is 24.3 Å². The van der Waals surface area contributed by atoms with E-state index in [1.54, 1.807) is 14.2 Å². The predicted molar refractivity (Wildman–Crippen MR) is 117 cm³/mol. The molecule has 4 N–H and O–H groups in total. The van der Waals surface area contributed by atoms with E-state index in [4.69, 9.17) is 20.9 Å². The fourth-order valence-corrected chi connectivity index (χ4v) is 3.57. The summed E-state index contributed by atoms with van der Waals surface area (Å²) in [5.41, 5.74) is 15.5. The smallest absolute Gasteiger partial charge is 0.122 e. The van der Waals surface area contributed by atoms with E-state index in [0.29, 0.717) is 13.1 Å². The molecule has 2 aliphatic rings. The van der Waals surface area contributed by atoms with Gasteiger partial charge in [0.1, 0.15) is 11.5 Å². The molecule has 2 aromatic rings. The number of hydrogen-bond acceptors (Lipinski definition) is 4. The first kappa shape index (κ1) is 22.0. The van der Waals surface area contributed by atoms with Crippen LogP contribution in [0.3, 0.4) is 0 Å². The highest BCUT2D eigenvalue weighted by Gasteiger charge is 2.12. The quantitative estimate of drug-likeness (QED) is 0.792. The number of fused-ring (bicyclic) bond motifs is 2. The monoisotopic (exact) mass is 382 g/mol. The van der Waals surface area contributed by atoms with Crippen molar-refractivity contribution in [3.05, 3.63) is 70.8 Å². The Morgan fingerprint density at radius 1 is 0.714 bits per heavy atom. The molecule has 0 heterocycles. The number of nitrogens with two attached hydrogens (primary N) is 2. The van der Waals surface area contributed by atoms with E-state index in [1.807, 2.05) is 6.07 Å². The molecule has 2 aromatic carbocycles. The Labute approximate surface area is 169 Å². The first-order chi connectivity index (χ1) is 13.7. The number of rotatable bonds is 3. The predicted octanol–water partition coefficient (Wildman–Crippen LogP) is 3.83. The maximum Gasteiger partial charge on any atom is 0.122 e. The minimum Gasteiger partial charge on any atom is -0.496 e. The molecule has 4 nitrogen and oxygen atoms in total. The van der Waals surface area contributed by atoms with E-state index in [9.17, 15) is 0 Å². The van der Waals surface area contributed by atoms with Gasteiger partial charge in [0, 0.05) is 18.7 Å². The highest BCUT2D eigenvalue weighted by Crippen LogP contribution is 2.29. The second-order valence-corrected chi connectivity index (χ2v) is 6.86. The molecular weight excluding hydrogens is 348 g/mol. The highest BCUT2D eigenvalue weighted by molar-refractivity contribution is 5.44. The Hall–Kier alpha value is -2.30. The zero-order chi connectivity index (χ0) is 20.2. The molecule has 0 spiro atoms. The van der Waals surface area contributed by atoms with Gasteiger partial charge in [-0.2, -0.15) is 0 Å². The average Bonchev–Trinajstić information content (AvgIpc) is 2.78. The van der Waals surface area contributed by atoms with Gasteiger partial charge in [-0.05, 0) is 67.3 Å². The summed E-state index contributed by atoms with van der Waals surface area (Å²) in [4.78, 5) is 0. The second-order valence-electron chi connectivity index (χ2n) is 6.86. The summed E-state index contributed by atoms with van der Waals surface area (Å²) >= 11 is 0. The van der Waals surface area contributed by atoms with Gasteiger partial charge in [-0.3, -0.25) is 0 Å². The lowest BCUT2D eigenvalue weighted by Gasteiger charge is -2.17. The summed E-state index contributed by atoms with van der Waals surface area (Å²) in [5.74, 6) is 2.10. The molecule has 0 amide bonds. The van der Waals surface area contributed by atoms with Gasteiger partial charge in [-0.1, -0.05) is 36.4 Å². The lowest BCUT2D eigenvalue weighted by Crippen LogP contribution is -2.11. The van der Waals surface area contributed by atoms with Crippen LogP contribution < -0.4 is 20.9 Å². The molecule has 2 aliphatic carbocycles. The minimum atomic E-state index is 0.597. The standard InChI is InChI=1S/C11H14O.C11H12O.C2H8N2/c2*1-12-11-8-4-6-9-5-2-3-7-10(9)11;3-1-2-4/h4,6,8H,2-3,5,7H2,1H3;2-4,6,8H,5,7H2,1H3;1-4H2. The van der Waals surface area contributed by atoms with E-state index in [-0.39, 0.29) is 0 Å². The molecular formula is C24H34N2O2. The van der Waals surface area contributed by atoms with Crippen LogP contribution in [-0.2, 0) is 25.7 Å². The molecule has 0 radical (unpaired) electrons. The summed E-state index contributed by atoms with van der Waals surface area (Å²) in [6.07, 6.45) is 11.5. The van der Waals surface area contributed by atoms with Gasteiger partial charge >= 0.3 is 0 Å². The third-order valence-electron chi connectivity index (χ3n) is 5.02. The molecule has 0 atom stereocenters. The SMILES string of the molecule is COc1cccc2c1CC=CC2.COc1cccc2c1CCCC2.NCCN. The van der Waals surface area contributed by atoms with Gasteiger partial charge in [-0.15, -0.1) is 0 Å². The van der Waals surface area contributed by atoms with Crippen LogP contribution in [0, 0.1) is 0 Å². The third-order valence-corrected chi connectivity index (χ3v) is 5.02. The summed E-state index contributed by atoms with van der Waals surface area (Å²) in [7, 11) is 3.48. The van der Waals surface area contributed by atoms with E-state index in [2.05, 4.69) is 42.5 Å². The molecule has 4 heteroatoms. The molecule has 152 valence electrons. The fraction of sp³-hybridized carbons (Fsp3) is 0.417. The highest BCUT2D eigenvalue weighted by atomic mass is 16.5. The molecule has 28 heavy (non-hydrogen) atoms. The van der Waals surface area contributed by atoms with E-state index >= 15 is 0 Å². The van der Waals surface area contributed by atoms with Crippen molar-refractivity contribution in [2.75, 3.05) is 27.3 Å². The Bertz CT molecular complexity index is 740. The van der Waals surface area contributed by atoms with Gasteiger partial charge in [0.25, 0.3) is 0 Å². The van der Waals surface area contributed by atoms with Gasteiger partial charge < -0.3 is 20.9 Å². The van der Waals surface area contributed by atoms with Crippen molar-refractivity contribution < 1.29 is 9.47 Å². The first-order valence-corrected chi connectivity index (χ1v) is 10.1. The summed E-state index contributed by atoms with van der Waals surface area (Å²) in [6, 6.07) is 12.6. The topological polar surface area (TPSA) is 70.5 Å². The van der Waals surface area contributed by atoms with Crippen LogP contribution in [0.2, 0.25) is 0 Å². The van der Waals surface area contributed by atoms with Crippen LogP contribution in [0.5, 0.6) is 11.5 Å². The maximum absolute atomic E-state index is 5.31. The number of benzene rings is 2. The van der Waals surface area contributed by atoms with Gasteiger partial charge in [0.05, 0.1) is 14.2 Å². The molecule has 0 aliphatic heterocycles. The Kier molecular flexibility index (Phi) is 9.60. The number of aryl methyl sites for hydroxylation is 1.